The summed E-state index contributed by atoms with van der Waals surface area (Å²) in [7, 11) is -2.49. The van der Waals surface area contributed by atoms with E-state index in [1.807, 2.05) is 0 Å². The van der Waals surface area contributed by atoms with Crippen molar-refractivity contribution in [3.63, 3.8) is 0 Å². The minimum Gasteiger partial charge on any atom is -0.241 e. The summed E-state index contributed by atoms with van der Waals surface area (Å²) < 4.78 is 21.4. The first-order chi connectivity index (χ1) is 5.99. The monoisotopic (exact) mass is 202 g/mol. The molecule has 0 aromatic heterocycles. The fourth-order valence-electron chi connectivity index (χ4n) is 2.34. The molecule has 3 nitrogen and oxygen atoms in total. The van der Waals surface area contributed by atoms with Crippen molar-refractivity contribution in [1.82, 2.24) is 4.72 Å². The second-order valence-electron chi connectivity index (χ2n) is 4.74. The van der Waals surface area contributed by atoms with Gasteiger partial charge in [0, 0.05) is 12.3 Å². The average molecular weight is 202 g/mol. The molecule has 4 heteroatoms. The van der Waals surface area contributed by atoms with Gasteiger partial charge in [0.2, 0.25) is 0 Å². The molecule has 13 heavy (non-hydrogen) atoms. The van der Waals surface area contributed by atoms with E-state index in [0.29, 0.717) is 11.5 Å². The highest BCUT2D eigenvalue weighted by Crippen LogP contribution is 2.56. The van der Waals surface area contributed by atoms with Gasteiger partial charge in [0.1, 0.15) is 9.92 Å². The van der Waals surface area contributed by atoms with Gasteiger partial charge in [-0.15, -0.1) is 0 Å². The fraction of sp³-hybridized carbons (Fsp3) is 1.00. The van der Waals surface area contributed by atoms with E-state index < -0.39 is 9.92 Å². The van der Waals surface area contributed by atoms with E-state index in [2.05, 4.69) is 4.72 Å². The van der Waals surface area contributed by atoms with Crippen molar-refractivity contribution in [2.75, 3.05) is 6.26 Å². The predicted octanol–water partition coefficient (Wildman–Crippen LogP) is 1.89. The van der Waals surface area contributed by atoms with Crippen LogP contribution < -0.4 is 4.72 Å². The van der Waals surface area contributed by atoms with Gasteiger partial charge in [0.05, 0.1) is 0 Å². The Kier molecular flexibility index (Phi) is 2.15. The van der Waals surface area contributed by atoms with Gasteiger partial charge in [-0.25, -0.2) is 13.7 Å². The van der Waals surface area contributed by atoms with Crippen molar-refractivity contribution < 1.29 is 4.21 Å². The fourth-order valence-corrected chi connectivity index (χ4v) is 3.21. The van der Waals surface area contributed by atoms with Crippen LogP contribution in [0.4, 0.5) is 0 Å². The molecule has 0 saturated heterocycles. The molecule has 0 heterocycles. The highest BCUT2D eigenvalue weighted by atomic mass is 32.2. The number of hydrogen-bond acceptors (Lipinski definition) is 2. The van der Waals surface area contributed by atoms with Crippen LogP contribution in [0.15, 0.2) is 0 Å². The maximum atomic E-state index is 11.2. The third-order valence-electron chi connectivity index (χ3n) is 3.39. The molecule has 2 rings (SSSR count). The number of nitrogens with one attached hydrogen (secondary N) is 2. The molecule has 1 unspecified atom stereocenters. The van der Waals surface area contributed by atoms with Crippen molar-refractivity contribution in [3.05, 3.63) is 0 Å². The van der Waals surface area contributed by atoms with E-state index >= 15 is 0 Å². The first-order valence-corrected chi connectivity index (χ1v) is 6.97. The SMILES string of the molecule is CS(=N)(=O)NC1CCC2(CC1)CC2. The first kappa shape index (κ1) is 9.46. The molecule has 2 N–H and O–H groups in total. The molecule has 2 saturated carbocycles. The van der Waals surface area contributed by atoms with Crippen molar-refractivity contribution >= 4 is 9.92 Å². The maximum Gasteiger partial charge on any atom is 0.102 e. The second kappa shape index (κ2) is 2.95. The van der Waals surface area contributed by atoms with Crippen molar-refractivity contribution in [2.45, 2.75) is 44.6 Å². The third-order valence-corrected chi connectivity index (χ3v) is 4.18. The molecule has 0 amide bonds. The minimum atomic E-state index is -2.49. The second-order valence-corrected chi connectivity index (χ2v) is 6.66. The maximum absolute atomic E-state index is 11.2. The average Bonchev–Trinajstić information content (AvgIpc) is 2.73. The van der Waals surface area contributed by atoms with Crippen molar-refractivity contribution in [2.24, 2.45) is 5.41 Å². The van der Waals surface area contributed by atoms with E-state index in [4.69, 9.17) is 4.78 Å². The van der Waals surface area contributed by atoms with Crippen LogP contribution in [-0.2, 0) is 9.92 Å². The van der Waals surface area contributed by atoms with Crippen LogP contribution in [-0.4, -0.2) is 16.5 Å². The van der Waals surface area contributed by atoms with E-state index in [0.717, 1.165) is 12.8 Å². The van der Waals surface area contributed by atoms with Gasteiger partial charge < -0.3 is 0 Å². The zero-order valence-corrected chi connectivity index (χ0v) is 8.95. The molecule has 0 radical (unpaired) electrons. The lowest BCUT2D eigenvalue weighted by molar-refractivity contribution is 0.295. The van der Waals surface area contributed by atoms with Gasteiger partial charge in [-0.05, 0) is 43.9 Å². The van der Waals surface area contributed by atoms with Crippen LogP contribution in [0.2, 0.25) is 0 Å². The standard InChI is InChI=1S/C9H18N2OS/c1-13(10,12)11-8-2-4-9(5-3-8)6-7-9/h8H,2-7H2,1H3,(H2,10,11,12). The highest BCUT2D eigenvalue weighted by Gasteiger charge is 2.44. The number of hydrogen-bond donors (Lipinski definition) is 2. The Morgan fingerprint density at radius 3 is 2.23 bits per heavy atom. The summed E-state index contributed by atoms with van der Waals surface area (Å²) in [5.41, 5.74) is 0.689. The van der Waals surface area contributed by atoms with Crippen LogP contribution in [0.25, 0.3) is 0 Å². The molecule has 2 aliphatic carbocycles. The molecular weight excluding hydrogens is 184 g/mol. The van der Waals surface area contributed by atoms with Gasteiger partial charge in [-0.3, -0.25) is 0 Å². The summed E-state index contributed by atoms with van der Waals surface area (Å²) >= 11 is 0. The van der Waals surface area contributed by atoms with Gasteiger partial charge in [-0.2, -0.15) is 0 Å². The minimum absolute atomic E-state index is 0.334. The van der Waals surface area contributed by atoms with Crippen molar-refractivity contribution in [3.8, 4) is 0 Å². The lowest BCUT2D eigenvalue weighted by atomic mass is 9.84. The molecule has 2 aliphatic rings. The van der Waals surface area contributed by atoms with E-state index in [-0.39, 0.29) is 0 Å². The third kappa shape index (κ3) is 2.44. The quantitative estimate of drug-likeness (QED) is 0.706. The van der Waals surface area contributed by atoms with Gasteiger partial charge in [0.15, 0.2) is 0 Å². The molecule has 0 bridgehead atoms. The lowest BCUT2D eigenvalue weighted by Gasteiger charge is -2.28. The molecular formula is C9H18N2OS. The van der Waals surface area contributed by atoms with Gasteiger partial charge >= 0.3 is 0 Å². The molecule has 1 spiro atoms. The molecule has 76 valence electrons. The Balaban J connectivity index is 1.84. The lowest BCUT2D eigenvalue weighted by Crippen LogP contribution is -2.36. The van der Waals surface area contributed by atoms with Crippen LogP contribution in [0.1, 0.15) is 38.5 Å². The Morgan fingerprint density at radius 1 is 1.31 bits per heavy atom. The van der Waals surface area contributed by atoms with E-state index in [1.54, 1.807) is 0 Å². The summed E-state index contributed by atoms with van der Waals surface area (Å²) in [5.74, 6) is 0. The Morgan fingerprint density at radius 2 is 1.85 bits per heavy atom. The molecule has 0 aromatic carbocycles. The summed E-state index contributed by atoms with van der Waals surface area (Å²) in [5, 5.41) is 0. The zero-order valence-electron chi connectivity index (χ0n) is 8.14. The Labute approximate surface area is 80.4 Å². The molecule has 2 fully saturated rings. The van der Waals surface area contributed by atoms with Gasteiger partial charge in [0.25, 0.3) is 0 Å². The normalized spacial score (nSPS) is 31.5. The Hall–Kier alpha value is -0.0900. The first-order valence-electron chi connectivity index (χ1n) is 5.00. The topological polar surface area (TPSA) is 53.0 Å². The number of rotatable bonds is 2. The summed E-state index contributed by atoms with van der Waals surface area (Å²) in [6.45, 7) is 0. The zero-order chi connectivity index (χ0) is 9.53. The molecule has 0 aromatic rings. The van der Waals surface area contributed by atoms with Crippen molar-refractivity contribution in [1.29, 1.82) is 4.78 Å². The summed E-state index contributed by atoms with van der Waals surface area (Å²) in [4.78, 5) is 0. The largest absolute Gasteiger partial charge is 0.241 e. The molecule has 0 aliphatic heterocycles. The summed E-state index contributed by atoms with van der Waals surface area (Å²) in [6, 6.07) is 0.334. The van der Waals surface area contributed by atoms with Crippen LogP contribution in [0.3, 0.4) is 0 Å². The smallest absolute Gasteiger partial charge is 0.102 e. The molecule has 1 atom stereocenters. The van der Waals surface area contributed by atoms with E-state index in [9.17, 15) is 4.21 Å². The van der Waals surface area contributed by atoms with Gasteiger partial charge in [-0.1, -0.05) is 0 Å². The Bertz CT molecular complexity index is 283. The van der Waals surface area contributed by atoms with Crippen LogP contribution >= 0.6 is 0 Å². The van der Waals surface area contributed by atoms with Crippen LogP contribution in [0, 0.1) is 10.2 Å². The highest BCUT2D eigenvalue weighted by molar-refractivity contribution is 7.89. The predicted molar refractivity (Wildman–Crippen MR) is 53.8 cm³/mol. The van der Waals surface area contributed by atoms with E-state index in [1.165, 1.54) is 31.9 Å². The van der Waals surface area contributed by atoms with Crippen LogP contribution in [0.5, 0.6) is 0 Å². The summed E-state index contributed by atoms with van der Waals surface area (Å²) in [6.07, 6.45) is 9.06.